The molecule has 2 N–H and O–H groups in total. The maximum absolute atomic E-state index is 12.2. The largest absolute Gasteiger partial charge is 0.508 e. The van der Waals surface area contributed by atoms with Gasteiger partial charge in [0, 0.05) is 5.02 Å². The number of carbonyl (C=O) groups is 1. The molecule has 1 fully saturated rings. The summed E-state index contributed by atoms with van der Waals surface area (Å²) in [6.07, 6.45) is 1.81. The van der Waals surface area contributed by atoms with E-state index in [0.29, 0.717) is 15.1 Å². The van der Waals surface area contributed by atoms with Gasteiger partial charge in [-0.15, -0.1) is 0 Å². The standard InChI is InChI=1S/C20H19ClN2O2S/c1-11(2)15-10-16(12(3)8-17(15)24)22-20-23-19(25)18(26-20)9-13-4-6-14(21)7-5-13/h4-11,24H,1-3H3,(H,22,23,25)/b18-9+. The molecule has 0 radical (unpaired) electrons. The number of rotatable bonds is 3. The number of nitrogens with one attached hydrogen (secondary N) is 1. The lowest BCUT2D eigenvalue weighted by molar-refractivity contribution is -0.115. The molecule has 0 atom stereocenters. The number of amides is 1. The molecule has 134 valence electrons. The number of aliphatic imine (C=N–C) groups is 1. The van der Waals surface area contributed by atoms with Crippen LogP contribution >= 0.6 is 23.4 Å². The monoisotopic (exact) mass is 386 g/mol. The van der Waals surface area contributed by atoms with Crippen LogP contribution in [0.3, 0.4) is 0 Å². The summed E-state index contributed by atoms with van der Waals surface area (Å²) >= 11 is 7.18. The van der Waals surface area contributed by atoms with Gasteiger partial charge in [0.2, 0.25) is 0 Å². The fourth-order valence-corrected chi connectivity index (χ4v) is 3.54. The summed E-state index contributed by atoms with van der Waals surface area (Å²) < 4.78 is 0. The zero-order valence-electron chi connectivity index (χ0n) is 14.7. The summed E-state index contributed by atoms with van der Waals surface area (Å²) in [4.78, 5) is 17.4. The Morgan fingerprint density at radius 2 is 1.92 bits per heavy atom. The quantitative estimate of drug-likeness (QED) is 0.697. The molecule has 6 heteroatoms. The second-order valence-electron chi connectivity index (χ2n) is 6.39. The second-order valence-corrected chi connectivity index (χ2v) is 7.85. The van der Waals surface area contributed by atoms with Crippen molar-refractivity contribution in [3.05, 3.63) is 63.0 Å². The Morgan fingerprint density at radius 3 is 2.58 bits per heavy atom. The Morgan fingerprint density at radius 1 is 1.23 bits per heavy atom. The fraction of sp³-hybridized carbons (Fsp3) is 0.200. The van der Waals surface area contributed by atoms with Crippen molar-refractivity contribution in [1.82, 2.24) is 5.32 Å². The van der Waals surface area contributed by atoms with Crippen LogP contribution in [0.2, 0.25) is 5.02 Å². The second kappa shape index (κ2) is 7.56. The summed E-state index contributed by atoms with van der Waals surface area (Å²) in [6, 6.07) is 10.9. The van der Waals surface area contributed by atoms with E-state index in [2.05, 4.69) is 10.3 Å². The Kier molecular flexibility index (Phi) is 5.39. The van der Waals surface area contributed by atoms with Crippen molar-refractivity contribution >= 4 is 46.2 Å². The lowest BCUT2D eigenvalue weighted by atomic mass is 9.99. The van der Waals surface area contributed by atoms with Gasteiger partial charge in [-0.2, -0.15) is 0 Å². The molecule has 0 unspecified atom stereocenters. The van der Waals surface area contributed by atoms with Gasteiger partial charge in [0.15, 0.2) is 5.17 Å². The molecule has 0 bridgehead atoms. The smallest absolute Gasteiger partial charge is 0.264 e. The van der Waals surface area contributed by atoms with Gasteiger partial charge < -0.3 is 10.4 Å². The van der Waals surface area contributed by atoms with Crippen LogP contribution in [0, 0.1) is 6.92 Å². The molecule has 0 aliphatic carbocycles. The predicted molar refractivity (Wildman–Crippen MR) is 109 cm³/mol. The molecular formula is C20H19ClN2O2S. The van der Waals surface area contributed by atoms with Crippen LogP contribution in [0.15, 0.2) is 46.3 Å². The fourth-order valence-electron chi connectivity index (χ4n) is 2.58. The van der Waals surface area contributed by atoms with Crippen LogP contribution in [0.1, 0.15) is 36.5 Å². The van der Waals surface area contributed by atoms with E-state index in [0.717, 1.165) is 22.4 Å². The van der Waals surface area contributed by atoms with Gasteiger partial charge >= 0.3 is 0 Å². The van der Waals surface area contributed by atoms with Crippen molar-refractivity contribution < 1.29 is 9.90 Å². The van der Waals surface area contributed by atoms with Crippen molar-refractivity contribution in [2.75, 3.05) is 0 Å². The molecule has 0 aromatic heterocycles. The van der Waals surface area contributed by atoms with Gasteiger partial charge in [0.25, 0.3) is 5.91 Å². The van der Waals surface area contributed by atoms with Gasteiger partial charge in [-0.1, -0.05) is 37.6 Å². The molecule has 1 aliphatic heterocycles. The van der Waals surface area contributed by atoms with Crippen molar-refractivity contribution in [1.29, 1.82) is 0 Å². The minimum absolute atomic E-state index is 0.177. The third kappa shape index (κ3) is 4.11. The molecule has 3 rings (SSSR count). The molecular weight excluding hydrogens is 368 g/mol. The first-order valence-corrected chi connectivity index (χ1v) is 9.41. The van der Waals surface area contributed by atoms with Gasteiger partial charge in [0.05, 0.1) is 10.6 Å². The number of halogens is 1. The SMILES string of the molecule is Cc1cc(O)c(C(C)C)cc1N=C1NC(=O)/C(=C\c2ccc(Cl)cc2)S1. The molecule has 26 heavy (non-hydrogen) atoms. The Bertz CT molecular complexity index is 918. The lowest BCUT2D eigenvalue weighted by Gasteiger charge is -2.11. The van der Waals surface area contributed by atoms with E-state index in [1.807, 2.05) is 45.0 Å². The number of hydrogen-bond donors (Lipinski definition) is 2. The van der Waals surface area contributed by atoms with E-state index in [1.54, 1.807) is 18.2 Å². The Hall–Kier alpha value is -2.24. The number of carbonyl (C=O) groups excluding carboxylic acids is 1. The third-order valence-electron chi connectivity index (χ3n) is 4.01. The average molecular weight is 387 g/mol. The maximum atomic E-state index is 12.2. The van der Waals surface area contributed by atoms with Gasteiger partial charge in [-0.3, -0.25) is 4.79 Å². The van der Waals surface area contributed by atoms with E-state index in [9.17, 15) is 9.90 Å². The molecule has 2 aromatic carbocycles. The molecule has 1 saturated heterocycles. The zero-order valence-corrected chi connectivity index (χ0v) is 16.3. The molecule has 1 heterocycles. The molecule has 4 nitrogen and oxygen atoms in total. The highest BCUT2D eigenvalue weighted by atomic mass is 35.5. The van der Waals surface area contributed by atoms with Crippen molar-refractivity contribution in [3.8, 4) is 5.75 Å². The third-order valence-corrected chi connectivity index (χ3v) is 5.17. The van der Waals surface area contributed by atoms with E-state index >= 15 is 0 Å². The normalized spacial score (nSPS) is 17.3. The zero-order chi connectivity index (χ0) is 18.8. The minimum Gasteiger partial charge on any atom is -0.508 e. The van der Waals surface area contributed by atoms with Crippen LogP contribution in [0.4, 0.5) is 5.69 Å². The number of amidine groups is 1. The maximum Gasteiger partial charge on any atom is 0.264 e. The summed E-state index contributed by atoms with van der Waals surface area (Å²) in [6.45, 7) is 5.91. The first kappa shape index (κ1) is 18.5. The predicted octanol–water partition coefficient (Wildman–Crippen LogP) is 5.37. The number of hydrogen-bond acceptors (Lipinski definition) is 4. The highest BCUT2D eigenvalue weighted by molar-refractivity contribution is 8.18. The van der Waals surface area contributed by atoms with Crippen molar-refractivity contribution in [2.24, 2.45) is 4.99 Å². The number of aryl methyl sites for hydroxylation is 1. The van der Waals surface area contributed by atoms with Crippen LogP contribution in [-0.4, -0.2) is 16.2 Å². The van der Waals surface area contributed by atoms with Gasteiger partial charge in [-0.05, 0) is 71.6 Å². The van der Waals surface area contributed by atoms with E-state index in [4.69, 9.17) is 11.6 Å². The molecule has 0 saturated carbocycles. The van der Waals surface area contributed by atoms with E-state index < -0.39 is 0 Å². The van der Waals surface area contributed by atoms with Crippen molar-refractivity contribution in [2.45, 2.75) is 26.7 Å². The lowest BCUT2D eigenvalue weighted by Crippen LogP contribution is -2.19. The number of benzene rings is 2. The summed E-state index contributed by atoms with van der Waals surface area (Å²) in [5.41, 5.74) is 3.32. The number of phenolic OH excluding ortho intramolecular Hbond substituents is 1. The minimum atomic E-state index is -0.177. The van der Waals surface area contributed by atoms with Crippen LogP contribution < -0.4 is 5.32 Å². The highest BCUT2D eigenvalue weighted by Crippen LogP contribution is 2.34. The highest BCUT2D eigenvalue weighted by Gasteiger charge is 2.24. The molecule has 1 amide bonds. The molecule has 2 aromatic rings. The summed E-state index contributed by atoms with van der Waals surface area (Å²) in [7, 11) is 0. The van der Waals surface area contributed by atoms with E-state index in [1.165, 1.54) is 11.8 Å². The molecule has 0 spiro atoms. The number of phenols is 1. The van der Waals surface area contributed by atoms with Crippen LogP contribution in [0.25, 0.3) is 6.08 Å². The van der Waals surface area contributed by atoms with Crippen LogP contribution in [-0.2, 0) is 4.79 Å². The summed E-state index contributed by atoms with van der Waals surface area (Å²) in [5, 5.41) is 14.0. The first-order valence-electron chi connectivity index (χ1n) is 8.22. The number of thioether (sulfide) groups is 1. The summed E-state index contributed by atoms with van der Waals surface area (Å²) in [5.74, 6) is 0.276. The first-order chi connectivity index (χ1) is 12.3. The number of aromatic hydroxyl groups is 1. The van der Waals surface area contributed by atoms with E-state index in [-0.39, 0.29) is 17.6 Å². The number of nitrogens with zero attached hydrogens (tertiary/aromatic N) is 1. The average Bonchev–Trinajstić information content (AvgIpc) is 2.91. The Labute approximate surface area is 162 Å². The van der Waals surface area contributed by atoms with Crippen LogP contribution in [0.5, 0.6) is 5.75 Å². The topological polar surface area (TPSA) is 61.7 Å². The molecule has 1 aliphatic rings. The van der Waals surface area contributed by atoms with Crippen molar-refractivity contribution in [3.63, 3.8) is 0 Å². The van der Waals surface area contributed by atoms with Gasteiger partial charge in [0.1, 0.15) is 5.75 Å². The van der Waals surface area contributed by atoms with Gasteiger partial charge in [-0.25, -0.2) is 4.99 Å². The Balaban J connectivity index is 1.89.